The molecule has 5 nitrogen and oxygen atoms in total. The summed E-state index contributed by atoms with van der Waals surface area (Å²) in [4.78, 5) is 9.29. The first-order chi connectivity index (χ1) is 18.9. The van der Waals surface area contributed by atoms with Gasteiger partial charge in [0.15, 0.2) is 5.82 Å². The van der Waals surface area contributed by atoms with Crippen molar-refractivity contribution in [3.8, 4) is 0 Å². The molecule has 1 unspecified atom stereocenters. The quantitative estimate of drug-likeness (QED) is 0.167. The third-order valence-electron chi connectivity index (χ3n) is 8.34. The number of piperidine rings is 1. The Morgan fingerprint density at radius 3 is 2.54 bits per heavy atom. The minimum absolute atomic E-state index is 0.295. The van der Waals surface area contributed by atoms with Gasteiger partial charge >= 0.3 is 6.01 Å². The summed E-state index contributed by atoms with van der Waals surface area (Å²) in [5, 5.41) is 4.12. The molecule has 214 valence electrons. The summed E-state index contributed by atoms with van der Waals surface area (Å²) in [6.45, 7) is 25.5. The summed E-state index contributed by atoms with van der Waals surface area (Å²) in [7, 11) is 0. The Labute approximate surface area is 238 Å². The van der Waals surface area contributed by atoms with Crippen molar-refractivity contribution in [3.05, 3.63) is 78.4 Å². The van der Waals surface area contributed by atoms with Crippen LogP contribution in [0.15, 0.2) is 77.1 Å². The summed E-state index contributed by atoms with van der Waals surface area (Å²) in [6.07, 6.45) is 21.3. The third-order valence-corrected chi connectivity index (χ3v) is 8.34. The summed E-state index contributed by atoms with van der Waals surface area (Å²) in [5.74, 6) is 2.37. The molecule has 1 saturated heterocycles. The van der Waals surface area contributed by atoms with E-state index in [1.165, 1.54) is 36.1 Å². The van der Waals surface area contributed by atoms with Crippen LogP contribution in [0.3, 0.4) is 0 Å². The van der Waals surface area contributed by atoms with Gasteiger partial charge in [-0.3, -0.25) is 0 Å². The molecule has 3 rings (SSSR count). The van der Waals surface area contributed by atoms with Crippen molar-refractivity contribution in [2.24, 2.45) is 11.8 Å². The van der Waals surface area contributed by atoms with Crippen molar-refractivity contribution >= 4 is 6.01 Å². The molecular weight excluding hydrogens is 480 g/mol. The summed E-state index contributed by atoms with van der Waals surface area (Å²) >= 11 is 0. The number of nitrogens with zero attached hydrogens (tertiary/aromatic N) is 4. The van der Waals surface area contributed by atoms with E-state index in [0.717, 1.165) is 82.0 Å². The molecule has 0 spiro atoms. The van der Waals surface area contributed by atoms with Gasteiger partial charge < -0.3 is 14.3 Å². The van der Waals surface area contributed by atoms with Crippen LogP contribution in [0.2, 0.25) is 0 Å². The van der Waals surface area contributed by atoms with Crippen molar-refractivity contribution in [1.82, 2.24) is 15.0 Å². The first-order valence-corrected chi connectivity index (χ1v) is 15.2. The van der Waals surface area contributed by atoms with Gasteiger partial charge in [-0.2, -0.15) is 4.98 Å². The van der Waals surface area contributed by atoms with Gasteiger partial charge in [-0.15, -0.1) is 6.58 Å². The first kappa shape index (κ1) is 30.7. The highest BCUT2D eigenvalue weighted by Gasteiger charge is 2.24. The maximum atomic E-state index is 5.50. The smallest absolute Gasteiger partial charge is 0.324 e. The Kier molecular flexibility index (Phi) is 12.4. The van der Waals surface area contributed by atoms with Crippen LogP contribution in [0, 0.1) is 11.8 Å². The highest BCUT2D eigenvalue weighted by Crippen LogP contribution is 2.33. The van der Waals surface area contributed by atoms with Crippen molar-refractivity contribution in [2.45, 2.75) is 91.4 Å². The van der Waals surface area contributed by atoms with Gasteiger partial charge in [-0.1, -0.05) is 75.0 Å². The molecule has 1 aliphatic carbocycles. The second-order valence-electron chi connectivity index (χ2n) is 11.5. The zero-order valence-electron chi connectivity index (χ0n) is 25.1. The van der Waals surface area contributed by atoms with Crippen molar-refractivity contribution in [3.63, 3.8) is 0 Å². The fraction of sp³-hybridized carbons (Fsp3) is 0.588. The SMILES string of the molecule is C=CCCN(CCC)C(=C)C1CC=C(C(=C)/C=C\C(=C/C)CCC2CCN(c3nc(C(C)C)no3)CC2)CC1. The number of rotatable bonds is 15. The predicted molar refractivity (Wildman–Crippen MR) is 166 cm³/mol. The molecule has 2 aliphatic rings. The molecule has 1 aliphatic heterocycles. The fourth-order valence-electron chi connectivity index (χ4n) is 5.61. The Morgan fingerprint density at radius 1 is 1.18 bits per heavy atom. The minimum Gasteiger partial charge on any atom is -0.375 e. The predicted octanol–water partition coefficient (Wildman–Crippen LogP) is 8.78. The van der Waals surface area contributed by atoms with Crippen LogP contribution >= 0.6 is 0 Å². The lowest BCUT2D eigenvalue weighted by Crippen LogP contribution is -2.33. The van der Waals surface area contributed by atoms with E-state index in [2.05, 4.69) is 91.7 Å². The lowest BCUT2D eigenvalue weighted by atomic mass is 9.84. The molecule has 0 bridgehead atoms. The zero-order chi connectivity index (χ0) is 28.2. The van der Waals surface area contributed by atoms with E-state index in [1.807, 2.05) is 6.08 Å². The number of anilines is 1. The molecule has 0 N–H and O–H groups in total. The monoisotopic (exact) mass is 532 g/mol. The lowest BCUT2D eigenvalue weighted by Gasteiger charge is -2.33. The first-order valence-electron chi connectivity index (χ1n) is 15.2. The summed E-state index contributed by atoms with van der Waals surface area (Å²) < 4.78 is 5.50. The molecule has 0 amide bonds. The van der Waals surface area contributed by atoms with E-state index in [4.69, 9.17) is 4.52 Å². The molecule has 2 heterocycles. The van der Waals surface area contributed by atoms with Gasteiger partial charge in [0.1, 0.15) is 0 Å². The van der Waals surface area contributed by atoms with Crippen LogP contribution in [-0.2, 0) is 0 Å². The fourth-order valence-corrected chi connectivity index (χ4v) is 5.61. The highest BCUT2D eigenvalue weighted by atomic mass is 16.5. The van der Waals surface area contributed by atoms with Crippen LogP contribution < -0.4 is 4.90 Å². The van der Waals surface area contributed by atoms with E-state index >= 15 is 0 Å². The molecule has 1 atom stereocenters. The van der Waals surface area contributed by atoms with Crippen LogP contribution in [0.5, 0.6) is 0 Å². The molecule has 0 aromatic carbocycles. The topological polar surface area (TPSA) is 45.4 Å². The maximum absolute atomic E-state index is 5.50. The van der Waals surface area contributed by atoms with Gasteiger partial charge in [0.25, 0.3) is 0 Å². The lowest BCUT2D eigenvalue weighted by molar-refractivity contribution is 0.298. The van der Waals surface area contributed by atoms with Gasteiger partial charge in [0.2, 0.25) is 0 Å². The van der Waals surface area contributed by atoms with Gasteiger partial charge in [-0.05, 0) is 81.8 Å². The third kappa shape index (κ3) is 9.12. The Bertz CT molecular complexity index is 1040. The van der Waals surface area contributed by atoms with E-state index in [-0.39, 0.29) is 0 Å². The minimum atomic E-state index is 0.295. The molecule has 1 fully saturated rings. The second-order valence-corrected chi connectivity index (χ2v) is 11.5. The van der Waals surface area contributed by atoms with Crippen molar-refractivity contribution in [2.75, 3.05) is 31.1 Å². The molecule has 0 radical (unpaired) electrons. The van der Waals surface area contributed by atoms with Crippen LogP contribution in [0.1, 0.15) is 97.2 Å². The Morgan fingerprint density at radius 2 is 1.95 bits per heavy atom. The Balaban J connectivity index is 1.43. The molecular formula is C34H52N4O. The standard InChI is InChI=1S/C34H52N4O/c1-8-11-23-37(22-9-2)28(7)32-18-16-31(17-19-32)27(6)12-13-29(10-3)14-15-30-20-24-38(25-21-30)34-35-33(26(4)5)36-39-34/h8,10,12-13,16,26,30,32H,1,6-7,9,11,14-15,17-25H2,2-5H3/b13-12-,29-10+. The number of hydrogen-bond donors (Lipinski definition) is 0. The van der Waals surface area contributed by atoms with Gasteiger partial charge in [-0.25, -0.2) is 0 Å². The normalized spacial score (nSPS) is 19.0. The largest absolute Gasteiger partial charge is 0.375 e. The molecule has 5 heteroatoms. The number of hydrogen-bond acceptors (Lipinski definition) is 5. The summed E-state index contributed by atoms with van der Waals surface area (Å²) in [6, 6.07) is 0.686. The van der Waals surface area contributed by atoms with Gasteiger partial charge in [0, 0.05) is 43.7 Å². The van der Waals surface area contributed by atoms with E-state index in [1.54, 1.807) is 0 Å². The number of allylic oxidation sites excluding steroid dienone is 8. The zero-order valence-corrected chi connectivity index (χ0v) is 25.1. The maximum Gasteiger partial charge on any atom is 0.324 e. The van der Waals surface area contributed by atoms with Gasteiger partial charge in [0.05, 0.1) is 0 Å². The molecule has 0 saturated carbocycles. The molecule has 1 aromatic rings. The van der Waals surface area contributed by atoms with Crippen LogP contribution in [0.4, 0.5) is 6.01 Å². The van der Waals surface area contributed by atoms with E-state index < -0.39 is 0 Å². The molecule has 39 heavy (non-hydrogen) atoms. The van der Waals surface area contributed by atoms with E-state index in [9.17, 15) is 0 Å². The highest BCUT2D eigenvalue weighted by molar-refractivity contribution is 5.41. The summed E-state index contributed by atoms with van der Waals surface area (Å²) in [5.41, 5.74) is 5.25. The number of aromatic nitrogens is 2. The van der Waals surface area contributed by atoms with Crippen molar-refractivity contribution < 1.29 is 4.52 Å². The van der Waals surface area contributed by atoms with Crippen molar-refractivity contribution in [1.29, 1.82) is 0 Å². The average molecular weight is 533 g/mol. The van der Waals surface area contributed by atoms with Crippen LogP contribution in [-0.4, -0.2) is 41.2 Å². The average Bonchev–Trinajstić information content (AvgIpc) is 3.46. The van der Waals surface area contributed by atoms with Crippen LogP contribution in [0.25, 0.3) is 0 Å². The van der Waals surface area contributed by atoms with E-state index in [0.29, 0.717) is 17.9 Å². The second kappa shape index (κ2) is 15.7. The molecule has 1 aromatic heterocycles. The Hall–Kier alpha value is -2.82.